The Morgan fingerprint density at radius 2 is 1.50 bits per heavy atom. The molecule has 0 heterocycles. The van der Waals surface area contributed by atoms with Crippen LogP contribution in [-0.2, 0) is 12.6 Å². The lowest BCUT2D eigenvalue weighted by atomic mass is 11.6. The summed E-state index contributed by atoms with van der Waals surface area (Å²) in [5.74, 6) is 0. The number of hydrogen-bond donors (Lipinski definition) is 0. The quantitative estimate of drug-likeness (QED) is 0.307. The zero-order chi connectivity index (χ0) is 3.58. The fraction of sp³-hybridized carbons (Fsp3) is 0. The molecule has 0 N–H and O–H groups in total. The van der Waals surface area contributed by atoms with Crippen LogP contribution in [0.4, 0.5) is 4.79 Å². The van der Waals surface area contributed by atoms with Crippen LogP contribution in [0, 0.1) is 0 Å². The van der Waals surface area contributed by atoms with Crippen molar-refractivity contribution in [2.75, 3.05) is 0 Å². The van der Waals surface area contributed by atoms with Gasteiger partial charge in [-0.25, -0.2) is 0 Å². The molecule has 0 aliphatic heterocycles. The van der Waals surface area contributed by atoms with Crippen molar-refractivity contribution in [2.24, 2.45) is 0 Å². The summed E-state index contributed by atoms with van der Waals surface area (Å²) < 4.78 is 0. The van der Waals surface area contributed by atoms with E-state index in [1.54, 1.807) is 0 Å². The Morgan fingerprint density at radius 1 is 1.50 bits per heavy atom. The molecule has 0 fully saturated rings. The standard InChI is InChI=1S/CH2O2S.2H3P/c2-1(3)4;;/h4H,(H,2,3);2*1H3. The van der Waals surface area contributed by atoms with E-state index in [1.807, 2.05) is 0 Å². The molecule has 0 aromatic heterocycles. The Labute approximate surface area is 48.4 Å². The average Bonchev–Trinajstić information content (AvgIpc) is 0.811. The lowest BCUT2D eigenvalue weighted by Gasteiger charge is -1.98. The van der Waals surface area contributed by atoms with Gasteiger partial charge in [-0.05, 0) is 19.8 Å². The summed E-state index contributed by atoms with van der Waals surface area (Å²) >= 11 is 3.43. The highest BCUT2D eigenvalue weighted by atomic mass is 32.1. The minimum absolute atomic E-state index is 0. The van der Waals surface area contributed by atoms with Gasteiger partial charge < -0.3 is 22.5 Å². The Hall–Kier alpha value is 0.550. The molecule has 0 radical (unpaired) electrons. The molecule has 0 bridgehead atoms. The normalized spacial score (nSPS) is 4.00. The van der Waals surface area contributed by atoms with Crippen molar-refractivity contribution in [1.82, 2.24) is 0 Å². The van der Waals surface area contributed by atoms with E-state index in [2.05, 4.69) is 12.6 Å². The number of rotatable bonds is 0. The van der Waals surface area contributed by atoms with Crippen LogP contribution in [0.5, 0.6) is 0 Å². The van der Waals surface area contributed by atoms with Crippen LogP contribution < -0.4 is 5.11 Å². The zero-order valence-electron chi connectivity index (χ0n) is 3.72. The van der Waals surface area contributed by atoms with E-state index in [-0.39, 0.29) is 19.8 Å². The molecule has 0 aliphatic carbocycles. The molecule has 0 saturated heterocycles. The minimum atomic E-state index is -1.50. The highest BCUT2D eigenvalue weighted by Gasteiger charge is 1.24. The third-order valence-electron chi connectivity index (χ3n) is 0. The molecule has 0 amide bonds. The fourth-order valence-corrected chi connectivity index (χ4v) is 0. The maximum Gasteiger partial charge on any atom is -0.0395 e. The van der Waals surface area contributed by atoms with Gasteiger partial charge in [0.1, 0.15) is 0 Å². The predicted octanol–water partition coefficient (Wildman–Crippen LogP) is -1.54. The van der Waals surface area contributed by atoms with E-state index in [9.17, 15) is 0 Å². The lowest BCUT2D eigenvalue weighted by molar-refractivity contribution is -0.232. The van der Waals surface area contributed by atoms with Crippen molar-refractivity contribution in [3.63, 3.8) is 0 Å². The molecule has 2 unspecified atom stereocenters. The van der Waals surface area contributed by atoms with Crippen LogP contribution in [-0.4, -0.2) is 5.30 Å². The van der Waals surface area contributed by atoms with Crippen molar-refractivity contribution < 1.29 is 9.90 Å². The molecule has 0 saturated carbocycles. The molecule has 2 atom stereocenters. The maximum atomic E-state index is 8.70. The van der Waals surface area contributed by atoms with E-state index in [1.165, 1.54) is 0 Å². The smallest absolute Gasteiger partial charge is 0.0395 e. The molecule has 0 aromatic carbocycles. The first-order chi connectivity index (χ1) is 1.73. The van der Waals surface area contributed by atoms with Crippen LogP contribution in [0.25, 0.3) is 0 Å². The van der Waals surface area contributed by atoms with Gasteiger partial charge in [-0.3, -0.25) is 0 Å². The van der Waals surface area contributed by atoms with Crippen LogP contribution in [0.1, 0.15) is 0 Å². The second-order valence-electron chi connectivity index (χ2n) is 0.250. The average molecular weight is 146 g/mol. The van der Waals surface area contributed by atoms with Gasteiger partial charge in [0.05, 0.1) is 0 Å². The highest BCUT2D eigenvalue weighted by molar-refractivity contribution is 7.76. The van der Waals surface area contributed by atoms with Gasteiger partial charge in [0.15, 0.2) is 0 Å². The Bertz CT molecular complexity index is 34.5. The van der Waals surface area contributed by atoms with Gasteiger partial charge in [-0.2, -0.15) is 0 Å². The Kier molecular flexibility index (Phi) is 24.3. The molecule has 0 aliphatic rings. The summed E-state index contributed by atoms with van der Waals surface area (Å²) in [5, 5.41) is 7.20. The first kappa shape index (κ1) is 16.0. The number of carbonyl (C=O) groups is 1. The van der Waals surface area contributed by atoms with Crippen molar-refractivity contribution >= 4 is 37.7 Å². The largest absolute Gasteiger partial charge is 0.764 e. The summed E-state index contributed by atoms with van der Waals surface area (Å²) in [7, 11) is 0. The summed E-state index contributed by atoms with van der Waals surface area (Å²) in [6.45, 7) is 0. The number of carbonyl (C=O) groups excluding carboxylic acids is 1. The van der Waals surface area contributed by atoms with Crippen LogP contribution in [0.3, 0.4) is 0 Å². The topological polar surface area (TPSA) is 40.1 Å². The third-order valence-corrected chi connectivity index (χ3v) is 0. The highest BCUT2D eigenvalue weighted by Crippen LogP contribution is 1.38. The summed E-state index contributed by atoms with van der Waals surface area (Å²) in [6.07, 6.45) is 0. The van der Waals surface area contributed by atoms with Gasteiger partial charge in [0.2, 0.25) is 0 Å². The molecular weight excluding hydrogens is 138 g/mol. The number of carboxylic acid groups (broad SMARTS) is 1. The summed E-state index contributed by atoms with van der Waals surface area (Å²) in [5.41, 5.74) is 0. The molecule has 0 aromatic rings. The Morgan fingerprint density at radius 3 is 1.50 bits per heavy atom. The van der Waals surface area contributed by atoms with Gasteiger partial charge in [-0.15, -0.1) is 0 Å². The Balaban J connectivity index is -0.0000000450. The van der Waals surface area contributed by atoms with Gasteiger partial charge in [-0.1, -0.05) is 5.30 Å². The fourth-order valence-electron chi connectivity index (χ4n) is 0. The van der Waals surface area contributed by atoms with Crippen LogP contribution in [0.2, 0.25) is 0 Å². The van der Waals surface area contributed by atoms with Crippen molar-refractivity contribution in [2.45, 2.75) is 0 Å². The number of hydrogen-bond acceptors (Lipinski definition) is 3. The summed E-state index contributed by atoms with van der Waals surface area (Å²) in [6, 6.07) is 0. The maximum absolute atomic E-state index is 8.70. The molecule has 40 valence electrons. The minimum Gasteiger partial charge on any atom is -0.764 e. The van der Waals surface area contributed by atoms with Crippen molar-refractivity contribution in [3.8, 4) is 0 Å². The molecule has 6 heavy (non-hydrogen) atoms. The van der Waals surface area contributed by atoms with Crippen LogP contribution >= 0.6 is 19.8 Å². The zero-order valence-corrected chi connectivity index (χ0v) is 8.54. The van der Waals surface area contributed by atoms with Gasteiger partial charge in [0, 0.05) is 0 Å². The molecular formula is CH8O2P2S. The first-order valence-corrected chi connectivity index (χ1v) is 1.02. The second-order valence-corrected chi connectivity index (χ2v) is 0.583. The van der Waals surface area contributed by atoms with E-state index in [4.69, 9.17) is 9.90 Å². The molecule has 5 heteroatoms. The van der Waals surface area contributed by atoms with Gasteiger partial charge in [0.25, 0.3) is 0 Å². The predicted molar refractivity (Wildman–Crippen MR) is 37.8 cm³/mol. The van der Waals surface area contributed by atoms with Crippen molar-refractivity contribution in [1.29, 1.82) is 0 Å². The first-order valence-electron chi connectivity index (χ1n) is 0.612. The van der Waals surface area contributed by atoms with Gasteiger partial charge >= 0.3 is 0 Å². The third kappa shape index (κ3) is 190. The monoisotopic (exact) mass is 146 g/mol. The van der Waals surface area contributed by atoms with Crippen LogP contribution in [0.15, 0.2) is 0 Å². The SMILES string of the molecule is O=C([O-])[S-].[PH4+].[PH4+]. The van der Waals surface area contributed by atoms with Crippen molar-refractivity contribution in [3.05, 3.63) is 0 Å². The molecule has 2 nitrogen and oxygen atoms in total. The second kappa shape index (κ2) is 9.12. The van der Waals surface area contributed by atoms with E-state index >= 15 is 0 Å². The lowest BCUT2D eigenvalue weighted by Crippen LogP contribution is -2.15. The van der Waals surface area contributed by atoms with E-state index in [0.717, 1.165) is 0 Å². The van der Waals surface area contributed by atoms with E-state index < -0.39 is 5.30 Å². The van der Waals surface area contributed by atoms with E-state index in [0.29, 0.717) is 0 Å². The summed E-state index contributed by atoms with van der Waals surface area (Å²) in [4.78, 5) is 8.70. The molecule has 0 rings (SSSR count). The molecule has 0 spiro atoms.